The van der Waals surface area contributed by atoms with Crippen molar-refractivity contribution in [3.8, 4) is 0 Å². The molecule has 1 aromatic rings. The van der Waals surface area contributed by atoms with Gasteiger partial charge in [0.05, 0.1) is 0 Å². The predicted molar refractivity (Wildman–Crippen MR) is 99.6 cm³/mol. The average molecular weight is 326 g/mol. The third-order valence-corrected chi connectivity index (χ3v) is 4.45. The van der Waals surface area contributed by atoms with Crippen LogP contribution in [-0.2, 0) is 0 Å². The Morgan fingerprint density at radius 2 is 2.05 bits per heavy atom. The van der Waals surface area contributed by atoms with Gasteiger partial charge in [-0.15, -0.1) is 11.8 Å². The second kappa shape index (κ2) is 10.0. The Bertz CT molecular complexity index is 449. The topological polar surface area (TPSA) is 41.3 Å². The second-order valence-electron chi connectivity index (χ2n) is 4.84. The van der Waals surface area contributed by atoms with Crippen LogP contribution in [0.5, 0.6) is 0 Å². The molecule has 118 valence electrons. The molecule has 0 bridgehead atoms. The summed E-state index contributed by atoms with van der Waals surface area (Å²) in [6, 6.07) is 6.21. The monoisotopic (exact) mass is 325 g/mol. The Morgan fingerprint density at radius 3 is 2.62 bits per heavy atom. The van der Waals surface area contributed by atoms with E-state index in [0.29, 0.717) is 4.99 Å². The Morgan fingerprint density at radius 1 is 1.29 bits per heavy atom. The first-order valence-corrected chi connectivity index (χ1v) is 9.05. The zero-order valence-electron chi connectivity index (χ0n) is 13.3. The summed E-state index contributed by atoms with van der Waals surface area (Å²) in [5, 5.41) is 3.49. The molecule has 1 rings (SSSR count). The van der Waals surface area contributed by atoms with Crippen molar-refractivity contribution >= 4 is 34.7 Å². The third-order valence-electron chi connectivity index (χ3n) is 3.30. The van der Waals surface area contributed by atoms with Crippen molar-refractivity contribution in [1.82, 2.24) is 4.90 Å². The lowest BCUT2D eigenvalue weighted by atomic mass is 10.1. The highest BCUT2D eigenvalue weighted by Gasteiger charge is 2.11. The minimum atomic E-state index is 0.468. The lowest BCUT2D eigenvalue weighted by molar-refractivity contribution is 0.300. The van der Waals surface area contributed by atoms with Crippen molar-refractivity contribution in [1.29, 1.82) is 0 Å². The van der Waals surface area contributed by atoms with E-state index in [-0.39, 0.29) is 0 Å². The van der Waals surface area contributed by atoms with Crippen molar-refractivity contribution in [2.45, 2.75) is 32.1 Å². The maximum Gasteiger partial charge on any atom is 0.107 e. The van der Waals surface area contributed by atoms with Crippen molar-refractivity contribution in [2.75, 3.05) is 37.2 Å². The van der Waals surface area contributed by atoms with Gasteiger partial charge in [-0.3, -0.25) is 0 Å². The molecule has 0 aliphatic carbocycles. The Balaban J connectivity index is 2.74. The Labute approximate surface area is 138 Å². The van der Waals surface area contributed by atoms with Crippen molar-refractivity contribution in [2.24, 2.45) is 5.73 Å². The van der Waals surface area contributed by atoms with Crippen LogP contribution < -0.4 is 11.1 Å². The van der Waals surface area contributed by atoms with Crippen LogP contribution in [0.25, 0.3) is 0 Å². The van der Waals surface area contributed by atoms with E-state index >= 15 is 0 Å². The van der Waals surface area contributed by atoms with Gasteiger partial charge in [0, 0.05) is 29.2 Å². The highest BCUT2D eigenvalue weighted by atomic mass is 32.2. The van der Waals surface area contributed by atoms with Crippen LogP contribution in [0.2, 0.25) is 0 Å². The number of anilines is 1. The van der Waals surface area contributed by atoms with Crippen molar-refractivity contribution < 1.29 is 0 Å². The lowest BCUT2D eigenvalue weighted by Gasteiger charge is -2.21. The summed E-state index contributed by atoms with van der Waals surface area (Å²) in [5.74, 6) is 1.01. The zero-order chi connectivity index (χ0) is 15.7. The molecule has 0 fully saturated rings. The minimum Gasteiger partial charge on any atom is -0.389 e. The van der Waals surface area contributed by atoms with Crippen LogP contribution in [0.1, 0.15) is 32.8 Å². The van der Waals surface area contributed by atoms with Gasteiger partial charge in [-0.1, -0.05) is 39.1 Å². The number of likely N-dealkylation sites (N-methyl/N-ethyl adjacent to an activating group) is 1. The normalized spacial score (nSPS) is 10.9. The number of thiocarbonyl (C=S) groups is 1. The smallest absolute Gasteiger partial charge is 0.107 e. The molecule has 0 unspecified atom stereocenters. The van der Waals surface area contributed by atoms with Gasteiger partial charge in [0.15, 0.2) is 0 Å². The van der Waals surface area contributed by atoms with Gasteiger partial charge in [0.25, 0.3) is 0 Å². The number of hydrogen-bond donors (Lipinski definition) is 2. The molecule has 5 heteroatoms. The largest absolute Gasteiger partial charge is 0.389 e. The standard InChI is InChI=1S/C16H27N3S2/c1-4-11-19(5-2)12-10-18-13-8-7-9-14(21-6-3)15(13)16(17)20/h7-9,18H,4-6,10-12H2,1-3H3,(H2,17,20). The fourth-order valence-corrected chi connectivity index (χ4v) is 3.44. The molecule has 3 N–H and O–H groups in total. The summed E-state index contributed by atoms with van der Waals surface area (Å²) < 4.78 is 0. The summed E-state index contributed by atoms with van der Waals surface area (Å²) in [6.45, 7) is 10.7. The number of benzene rings is 1. The van der Waals surface area contributed by atoms with E-state index in [0.717, 1.165) is 48.1 Å². The first kappa shape index (κ1) is 18.3. The molecule has 0 saturated carbocycles. The Kier molecular flexibility index (Phi) is 8.73. The van der Waals surface area contributed by atoms with Crippen LogP contribution in [0.3, 0.4) is 0 Å². The summed E-state index contributed by atoms with van der Waals surface area (Å²) >= 11 is 7.01. The molecule has 0 aliphatic rings. The van der Waals surface area contributed by atoms with Gasteiger partial charge in [0.1, 0.15) is 4.99 Å². The van der Waals surface area contributed by atoms with Crippen LogP contribution in [0.4, 0.5) is 5.69 Å². The Hall–Kier alpha value is -0.780. The first-order chi connectivity index (χ1) is 10.1. The maximum absolute atomic E-state index is 5.92. The third kappa shape index (κ3) is 5.85. The number of nitrogens with zero attached hydrogens (tertiary/aromatic N) is 1. The summed E-state index contributed by atoms with van der Waals surface area (Å²) in [7, 11) is 0. The van der Waals surface area contributed by atoms with Gasteiger partial charge in [-0.2, -0.15) is 0 Å². The van der Waals surface area contributed by atoms with Gasteiger partial charge < -0.3 is 16.0 Å². The maximum atomic E-state index is 5.92. The van der Waals surface area contributed by atoms with Crippen molar-refractivity contribution in [3.63, 3.8) is 0 Å². The molecule has 21 heavy (non-hydrogen) atoms. The molecule has 0 radical (unpaired) electrons. The lowest BCUT2D eigenvalue weighted by Crippen LogP contribution is -2.30. The summed E-state index contributed by atoms with van der Waals surface area (Å²) in [4.78, 5) is 4.07. The predicted octanol–water partition coefficient (Wildman–Crippen LogP) is 3.58. The molecule has 3 nitrogen and oxygen atoms in total. The molecule has 0 saturated heterocycles. The highest BCUT2D eigenvalue weighted by Crippen LogP contribution is 2.28. The zero-order valence-corrected chi connectivity index (χ0v) is 14.9. The molecule has 0 aromatic heterocycles. The molecule has 0 spiro atoms. The molecular weight excluding hydrogens is 298 g/mol. The van der Waals surface area contributed by atoms with Gasteiger partial charge >= 0.3 is 0 Å². The van der Waals surface area contributed by atoms with E-state index in [2.05, 4.69) is 49.2 Å². The van der Waals surface area contributed by atoms with E-state index < -0.39 is 0 Å². The van der Waals surface area contributed by atoms with Crippen LogP contribution in [0.15, 0.2) is 23.1 Å². The average Bonchev–Trinajstić information content (AvgIpc) is 2.46. The first-order valence-electron chi connectivity index (χ1n) is 7.65. The van der Waals surface area contributed by atoms with Gasteiger partial charge in [-0.25, -0.2) is 0 Å². The fourth-order valence-electron chi connectivity index (χ4n) is 2.30. The molecular formula is C16H27N3S2. The van der Waals surface area contributed by atoms with Crippen LogP contribution >= 0.6 is 24.0 Å². The molecule has 0 atom stereocenters. The van der Waals surface area contributed by atoms with E-state index in [4.69, 9.17) is 18.0 Å². The molecule has 0 amide bonds. The minimum absolute atomic E-state index is 0.468. The SMILES string of the molecule is CCCN(CC)CCNc1cccc(SCC)c1C(N)=S. The van der Waals surface area contributed by atoms with Gasteiger partial charge in [-0.05, 0) is 37.4 Å². The summed E-state index contributed by atoms with van der Waals surface area (Å²) in [5.41, 5.74) is 7.95. The van der Waals surface area contributed by atoms with E-state index in [9.17, 15) is 0 Å². The molecule has 0 aliphatic heterocycles. The van der Waals surface area contributed by atoms with Crippen molar-refractivity contribution in [3.05, 3.63) is 23.8 Å². The van der Waals surface area contributed by atoms with Crippen LogP contribution in [-0.4, -0.2) is 41.8 Å². The number of hydrogen-bond acceptors (Lipinski definition) is 4. The van der Waals surface area contributed by atoms with E-state index in [1.165, 1.54) is 6.42 Å². The number of nitrogens with two attached hydrogens (primary N) is 1. The van der Waals surface area contributed by atoms with E-state index in [1.54, 1.807) is 11.8 Å². The summed E-state index contributed by atoms with van der Waals surface area (Å²) in [6.07, 6.45) is 1.19. The fraction of sp³-hybridized carbons (Fsp3) is 0.562. The number of thioether (sulfide) groups is 1. The van der Waals surface area contributed by atoms with Crippen LogP contribution in [0, 0.1) is 0 Å². The second-order valence-corrected chi connectivity index (χ2v) is 6.58. The molecule has 0 heterocycles. The quantitative estimate of drug-likeness (QED) is 0.508. The van der Waals surface area contributed by atoms with Gasteiger partial charge in [0.2, 0.25) is 0 Å². The number of nitrogens with one attached hydrogen (secondary N) is 1. The number of rotatable bonds is 10. The van der Waals surface area contributed by atoms with E-state index in [1.807, 2.05) is 0 Å². The highest BCUT2D eigenvalue weighted by molar-refractivity contribution is 7.99. The molecule has 1 aromatic carbocycles.